The van der Waals surface area contributed by atoms with Crippen molar-refractivity contribution >= 4 is 5.69 Å². The quantitative estimate of drug-likeness (QED) is 0.651. The lowest BCUT2D eigenvalue weighted by Gasteiger charge is -2.35. The van der Waals surface area contributed by atoms with Gasteiger partial charge in [-0.1, -0.05) is 30.3 Å². The van der Waals surface area contributed by atoms with Crippen molar-refractivity contribution in [2.24, 2.45) is 0 Å². The standard InChI is InChI=1S/C27H30N2O2/c1-31-24-10-4-19(5-11-24)25-12-6-21-18-23(30)9-13-26(21)27(25)20-2-7-22(8-3-20)29-16-14-28-15-17-29/h2-5,7-11,13,18,25,27-28,30H,6,12,14-17H2,1H3. The van der Waals surface area contributed by atoms with Crippen LogP contribution in [0, 0.1) is 0 Å². The van der Waals surface area contributed by atoms with E-state index in [0.717, 1.165) is 44.8 Å². The van der Waals surface area contributed by atoms with Crippen LogP contribution in [-0.4, -0.2) is 38.4 Å². The van der Waals surface area contributed by atoms with Crippen molar-refractivity contribution in [3.05, 3.63) is 89.0 Å². The maximum Gasteiger partial charge on any atom is 0.118 e. The Bertz CT molecular complexity index is 1020. The predicted molar refractivity (Wildman–Crippen MR) is 126 cm³/mol. The Labute approximate surface area is 184 Å². The summed E-state index contributed by atoms with van der Waals surface area (Å²) in [6, 6.07) is 23.6. The van der Waals surface area contributed by atoms with Gasteiger partial charge in [-0.3, -0.25) is 0 Å². The third kappa shape index (κ3) is 4.00. The number of phenols is 1. The average molecular weight is 415 g/mol. The fourth-order valence-corrected chi connectivity index (χ4v) is 5.24. The maximum absolute atomic E-state index is 10.0. The van der Waals surface area contributed by atoms with Crippen LogP contribution in [0.3, 0.4) is 0 Å². The topological polar surface area (TPSA) is 44.7 Å². The van der Waals surface area contributed by atoms with Gasteiger partial charge >= 0.3 is 0 Å². The summed E-state index contributed by atoms with van der Waals surface area (Å²) in [6.45, 7) is 4.19. The maximum atomic E-state index is 10.0. The normalized spacial score (nSPS) is 20.9. The molecule has 0 spiro atoms. The molecule has 160 valence electrons. The number of aryl methyl sites for hydroxylation is 1. The average Bonchev–Trinajstić information content (AvgIpc) is 2.84. The lowest BCUT2D eigenvalue weighted by atomic mass is 9.69. The van der Waals surface area contributed by atoms with Gasteiger partial charge in [-0.05, 0) is 77.4 Å². The highest BCUT2D eigenvalue weighted by molar-refractivity contribution is 5.53. The number of rotatable bonds is 4. The Morgan fingerprint density at radius 1 is 0.903 bits per heavy atom. The zero-order valence-electron chi connectivity index (χ0n) is 18.1. The molecule has 0 aromatic heterocycles. The molecule has 0 radical (unpaired) electrons. The van der Waals surface area contributed by atoms with Gasteiger partial charge in [-0.2, -0.15) is 0 Å². The van der Waals surface area contributed by atoms with E-state index in [9.17, 15) is 5.11 Å². The van der Waals surface area contributed by atoms with Crippen LogP contribution in [0.5, 0.6) is 11.5 Å². The highest BCUT2D eigenvalue weighted by Crippen LogP contribution is 2.47. The predicted octanol–water partition coefficient (Wildman–Crippen LogP) is 4.67. The first-order valence-corrected chi connectivity index (χ1v) is 11.2. The van der Waals surface area contributed by atoms with Crippen molar-refractivity contribution in [3.63, 3.8) is 0 Å². The number of aromatic hydroxyl groups is 1. The summed E-state index contributed by atoms with van der Waals surface area (Å²) < 4.78 is 5.37. The lowest BCUT2D eigenvalue weighted by Crippen LogP contribution is -2.43. The molecule has 1 aliphatic heterocycles. The first kappa shape index (κ1) is 20.0. The van der Waals surface area contributed by atoms with E-state index in [2.05, 4.69) is 64.8 Å². The second kappa shape index (κ2) is 8.64. The second-order valence-electron chi connectivity index (χ2n) is 8.61. The number of piperazine rings is 1. The molecule has 2 unspecified atom stereocenters. The molecule has 2 N–H and O–H groups in total. The lowest BCUT2D eigenvalue weighted by molar-refractivity contribution is 0.414. The molecule has 2 atom stereocenters. The van der Waals surface area contributed by atoms with Crippen molar-refractivity contribution in [2.75, 3.05) is 38.2 Å². The summed E-state index contributed by atoms with van der Waals surface area (Å²) in [6.07, 6.45) is 2.04. The number of hydrogen-bond acceptors (Lipinski definition) is 4. The van der Waals surface area contributed by atoms with E-state index in [1.165, 1.54) is 27.9 Å². The minimum atomic E-state index is 0.273. The molecule has 4 heteroatoms. The Hall–Kier alpha value is -2.98. The number of hydrogen-bond donors (Lipinski definition) is 2. The number of benzene rings is 3. The van der Waals surface area contributed by atoms with Gasteiger partial charge in [0.15, 0.2) is 0 Å². The molecule has 1 saturated heterocycles. The van der Waals surface area contributed by atoms with Crippen molar-refractivity contribution in [2.45, 2.75) is 24.7 Å². The zero-order chi connectivity index (χ0) is 21.2. The van der Waals surface area contributed by atoms with E-state index in [0.29, 0.717) is 11.7 Å². The van der Waals surface area contributed by atoms with Crippen LogP contribution >= 0.6 is 0 Å². The third-order valence-electron chi connectivity index (χ3n) is 6.87. The fourth-order valence-electron chi connectivity index (χ4n) is 5.24. The molecule has 3 aromatic carbocycles. The van der Waals surface area contributed by atoms with Gasteiger partial charge < -0.3 is 20.1 Å². The molecular formula is C27H30N2O2. The number of nitrogens with one attached hydrogen (secondary N) is 1. The Morgan fingerprint density at radius 3 is 2.32 bits per heavy atom. The van der Waals surface area contributed by atoms with Gasteiger partial charge in [-0.15, -0.1) is 0 Å². The van der Waals surface area contributed by atoms with Crippen LogP contribution in [0.4, 0.5) is 5.69 Å². The number of fused-ring (bicyclic) bond motifs is 1. The molecule has 3 aromatic rings. The molecule has 1 aliphatic carbocycles. The minimum absolute atomic E-state index is 0.273. The highest BCUT2D eigenvalue weighted by atomic mass is 16.5. The Kier molecular flexibility index (Phi) is 5.56. The summed E-state index contributed by atoms with van der Waals surface area (Å²) in [5, 5.41) is 13.5. The molecule has 0 amide bonds. The van der Waals surface area contributed by atoms with E-state index in [-0.39, 0.29) is 5.92 Å². The summed E-state index contributed by atoms with van der Waals surface area (Å²) in [5.41, 5.74) is 6.58. The van der Waals surface area contributed by atoms with Crippen molar-refractivity contribution < 1.29 is 9.84 Å². The summed E-state index contributed by atoms with van der Waals surface area (Å²) in [7, 11) is 1.71. The van der Waals surface area contributed by atoms with Crippen molar-refractivity contribution in [1.82, 2.24) is 5.32 Å². The molecule has 0 saturated carbocycles. The van der Waals surface area contributed by atoms with Crippen LogP contribution in [0.15, 0.2) is 66.7 Å². The zero-order valence-corrected chi connectivity index (χ0v) is 18.1. The highest BCUT2D eigenvalue weighted by Gasteiger charge is 2.32. The van der Waals surface area contributed by atoms with E-state index < -0.39 is 0 Å². The SMILES string of the molecule is COc1ccc(C2CCc3cc(O)ccc3C2c2ccc(N3CCNCC3)cc2)cc1. The summed E-state index contributed by atoms with van der Waals surface area (Å²) >= 11 is 0. The Balaban J connectivity index is 1.52. The fraction of sp³-hybridized carbons (Fsp3) is 0.333. The van der Waals surface area contributed by atoms with E-state index in [4.69, 9.17) is 4.74 Å². The van der Waals surface area contributed by atoms with Gasteiger partial charge in [-0.25, -0.2) is 0 Å². The van der Waals surface area contributed by atoms with Gasteiger partial charge in [0.05, 0.1) is 7.11 Å². The molecule has 4 nitrogen and oxygen atoms in total. The number of anilines is 1. The molecule has 1 heterocycles. The van der Waals surface area contributed by atoms with Gasteiger partial charge in [0.25, 0.3) is 0 Å². The van der Waals surface area contributed by atoms with Gasteiger partial charge in [0.2, 0.25) is 0 Å². The summed E-state index contributed by atoms with van der Waals surface area (Å²) in [5.74, 6) is 1.92. The second-order valence-corrected chi connectivity index (χ2v) is 8.61. The molecule has 0 bridgehead atoms. The van der Waals surface area contributed by atoms with E-state index in [1.807, 2.05) is 12.1 Å². The number of methoxy groups -OCH3 is 1. The van der Waals surface area contributed by atoms with Crippen LogP contribution in [0.2, 0.25) is 0 Å². The smallest absolute Gasteiger partial charge is 0.118 e. The number of phenolic OH excluding ortho intramolecular Hbond substituents is 1. The van der Waals surface area contributed by atoms with Crippen LogP contribution < -0.4 is 15.0 Å². The molecule has 5 rings (SSSR count). The first-order chi connectivity index (χ1) is 15.2. The molecular weight excluding hydrogens is 384 g/mol. The van der Waals surface area contributed by atoms with E-state index >= 15 is 0 Å². The Morgan fingerprint density at radius 2 is 1.61 bits per heavy atom. The van der Waals surface area contributed by atoms with Gasteiger partial charge in [0.1, 0.15) is 11.5 Å². The third-order valence-corrected chi connectivity index (χ3v) is 6.87. The number of ether oxygens (including phenoxy) is 1. The van der Waals surface area contributed by atoms with Crippen LogP contribution in [0.1, 0.15) is 40.5 Å². The van der Waals surface area contributed by atoms with Crippen molar-refractivity contribution in [1.29, 1.82) is 0 Å². The summed E-state index contributed by atoms with van der Waals surface area (Å²) in [4.78, 5) is 2.45. The molecule has 31 heavy (non-hydrogen) atoms. The monoisotopic (exact) mass is 414 g/mol. The van der Waals surface area contributed by atoms with Gasteiger partial charge in [0, 0.05) is 37.8 Å². The first-order valence-electron chi connectivity index (χ1n) is 11.2. The molecule has 2 aliphatic rings. The largest absolute Gasteiger partial charge is 0.508 e. The molecule has 1 fully saturated rings. The van der Waals surface area contributed by atoms with Crippen LogP contribution in [-0.2, 0) is 6.42 Å². The number of nitrogens with zero attached hydrogens (tertiary/aromatic N) is 1. The van der Waals surface area contributed by atoms with E-state index in [1.54, 1.807) is 7.11 Å². The van der Waals surface area contributed by atoms with Crippen molar-refractivity contribution in [3.8, 4) is 11.5 Å². The minimum Gasteiger partial charge on any atom is -0.508 e. The van der Waals surface area contributed by atoms with Crippen LogP contribution in [0.25, 0.3) is 0 Å².